The van der Waals surface area contributed by atoms with Gasteiger partial charge in [0.2, 0.25) is 0 Å². The fourth-order valence-electron chi connectivity index (χ4n) is 4.70. The molecule has 3 rings (SSSR count). The van der Waals surface area contributed by atoms with Gasteiger partial charge < -0.3 is 14.2 Å². The highest BCUT2D eigenvalue weighted by Crippen LogP contribution is 2.36. The Hall–Kier alpha value is -3.25. The summed E-state index contributed by atoms with van der Waals surface area (Å²) in [6.45, 7) is 4.82. The lowest BCUT2D eigenvalue weighted by Gasteiger charge is -2.32. The standard InChI is InChI=1S/C27H29ClF3N3O3/c1-16-12-19(17(2)34(16)22-10-11-24(28)23(14-22)27(29,30)31)13-20(15-32)26(36)37-18(3)25(35)33(4)21-8-6-5-7-9-21/h10-14,18,21H,5-9H2,1-4H3. The number of nitriles is 1. The van der Waals surface area contributed by atoms with Gasteiger partial charge in [-0.3, -0.25) is 4.79 Å². The number of halogens is 4. The highest BCUT2D eigenvalue weighted by Gasteiger charge is 2.34. The van der Waals surface area contributed by atoms with Crippen LogP contribution >= 0.6 is 11.6 Å². The molecule has 0 bridgehead atoms. The first-order valence-electron chi connectivity index (χ1n) is 12.0. The summed E-state index contributed by atoms with van der Waals surface area (Å²) in [6, 6.07) is 7.14. The van der Waals surface area contributed by atoms with Gasteiger partial charge in [-0.25, -0.2) is 4.79 Å². The molecule has 1 aromatic heterocycles. The first-order valence-corrected chi connectivity index (χ1v) is 12.4. The van der Waals surface area contributed by atoms with E-state index in [1.807, 2.05) is 0 Å². The van der Waals surface area contributed by atoms with Crippen molar-refractivity contribution in [2.75, 3.05) is 7.05 Å². The molecule has 10 heteroatoms. The summed E-state index contributed by atoms with van der Waals surface area (Å²) in [5.41, 5.74) is 0.490. The lowest BCUT2D eigenvalue weighted by Crippen LogP contribution is -2.44. The fourth-order valence-corrected chi connectivity index (χ4v) is 4.93. The summed E-state index contributed by atoms with van der Waals surface area (Å²) >= 11 is 5.75. The summed E-state index contributed by atoms with van der Waals surface area (Å²) in [5.74, 6) is -1.28. The molecule has 1 unspecified atom stereocenters. The first-order chi connectivity index (χ1) is 17.3. The Kier molecular flexibility index (Phi) is 8.75. The van der Waals surface area contributed by atoms with Crippen LogP contribution in [-0.4, -0.2) is 40.5 Å². The molecule has 37 heavy (non-hydrogen) atoms. The molecule has 0 radical (unpaired) electrons. The lowest BCUT2D eigenvalue weighted by molar-refractivity contribution is -0.156. The van der Waals surface area contributed by atoms with Crippen LogP contribution in [-0.2, 0) is 20.5 Å². The number of aryl methyl sites for hydroxylation is 1. The third-order valence-corrected chi connectivity index (χ3v) is 7.06. The number of hydrogen-bond donors (Lipinski definition) is 0. The number of aromatic nitrogens is 1. The van der Waals surface area contributed by atoms with Crippen molar-refractivity contribution in [1.82, 2.24) is 9.47 Å². The van der Waals surface area contributed by atoms with E-state index in [0.29, 0.717) is 17.0 Å². The van der Waals surface area contributed by atoms with Crippen molar-refractivity contribution >= 4 is 29.6 Å². The monoisotopic (exact) mass is 535 g/mol. The molecule has 1 atom stereocenters. The van der Waals surface area contributed by atoms with E-state index < -0.39 is 28.8 Å². The van der Waals surface area contributed by atoms with Crippen molar-refractivity contribution in [3.63, 3.8) is 0 Å². The Bertz CT molecular complexity index is 1250. The van der Waals surface area contributed by atoms with Gasteiger partial charge in [-0.05, 0) is 69.5 Å². The predicted molar refractivity (Wildman–Crippen MR) is 134 cm³/mol. The molecule has 0 aliphatic heterocycles. The number of rotatable bonds is 6. The molecule has 1 heterocycles. The van der Waals surface area contributed by atoms with Crippen LogP contribution in [0.5, 0.6) is 0 Å². The number of alkyl halides is 3. The lowest BCUT2D eigenvalue weighted by atomic mass is 9.94. The molecule has 1 fully saturated rings. The van der Waals surface area contributed by atoms with Crippen molar-refractivity contribution in [2.45, 2.75) is 71.2 Å². The number of carbonyl (C=O) groups is 2. The number of amides is 1. The molecular weight excluding hydrogens is 507 g/mol. The van der Waals surface area contributed by atoms with Gasteiger partial charge in [-0.15, -0.1) is 0 Å². The maximum absolute atomic E-state index is 13.4. The van der Waals surface area contributed by atoms with E-state index in [-0.39, 0.29) is 23.2 Å². The molecule has 1 amide bonds. The summed E-state index contributed by atoms with van der Waals surface area (Å²) < 4.78 is 47.0. The quantitative estimate of drug-likeness (QED) is 0.244. The SMILES string of the molecule is Cc1cc(C=C(C#N)C(=O)OC(C)C(=O)N(C)C2CCCCC2)c(C)n1-c1ccc(Cl)c(C(F)(F)F)c1. The molecular formula is C27H29ClF3N3O3. The van der Waals surface area contributed by atoms with Crippen LogP contribution in [0.4, 0.5) is 13.2 Å². The Labute approximate surface area is 219 Å². The molecule has 1 aliphatic rings. The minimum atomic E-state index is -4.62. The van der Waals surface area contributed by atoms with Crippen molar-refractivity contribution in [1.29, 1.82) is 5.26 Å². The van der Waals surface area contributed by atoms with Crippen LogP contribution in [0.25, 0.3) is 11.8 Å². The Morgan fingerprint density at radius 3 is 2.46 bits per heavy atom. The first kappa shape index (κ1) is 28.3. The second kappa shape index (κ2) is 11.4. The van der Waals surface area contributed by atoms with E-state index in [1.54, 1.807) is 42.5 Å². The second-order valence-corrected chi connectivity index (χ2v) is 9.69. The normalized spacial score (nSPS) is 15.7. The van der Waals surface area contributed by atoms with E-state index in [4.69, 9.17) is 16.3 Å². The van der Waals surface area contributed by atoms with Crippen LogP contribution in [0.3, 0.4) is 0 Å². The van der Waals surface area contributed by atoms with Crippen molar-refractivity contribution in [2.24, 2.45) is 0 Å². The minimum Gasteiger partial charge on any atom is -0.448 e. The van der Waals surface area contributed by atoms with E-state index in [2.05, 4.69) is 0 Å². The van der Waals surface area contributed by atoms with Gasteiger partial charge in [0, 0.05) is 30.2 Å². The second-order valence-electron chi connectivity index (χ2n) is 9.28. The number of benzene rings is 1. The average molecular weight is 536 g/mol. The van der Waals surface area contributed by atoms with Crippen LogP contribution in [0, 0.1) is 25.2 Å². The number of hydrogen-bond acceptors (Lipinski definition) is 4. The van der Waals surface area contributed by atoms with Gasteiger partial charge in [-0.2, -0.15) is 18.4 Å². The number of ether oxygens (including phenoxy) is 1. The van der Waals surface area contributed by atoms with Crippen molar-refractivity contribution < 1.29 is 27.5 Å². The van der Waals surface area contributed by atoms with E-state index >= 15 is 0 Å². The number of carbonyl (C=O) groups excluding carboxylic acids is 2. The van der Waals surface area contributed by atoms with Crippen molar-refractivity contribution in [3.8, 4) is 11.8 Å². The molecule has 6 nitrogen and oxygen atoms in total. The van der Waals surface area contributed by atoms with Crippen LogP contribution in [0.2, 0.25) is 5.02 Å². The molecule has 1 aromatic carbocycles. The largest absolute Gasteiger partial charge is 0.448 e. The maximum atomic E-state index is 13.4. The fraction of sp³-hybridized carbons (Fsp3) is 0.444. The van der Waals surface area contributed by atoms with Crippen LogP contribution in [0.1, 0.15) is 61.5 Å². The van der Waals surface area contributed by atoms with E-state index in [9.17, 15) is 28.0 Å². The Morgan fingerprint density at radius 1 is 1.22 bits per heavy atom. The summed E-state index contributed by atoms with van der Waals surface area (Å²) in [5, 5.41) is 9.19. The van der Waals surface area contributed by atoms with E-state index in [0.717, 1.165) is 38.2 Å². The molecule has 2 aromatic rings. The van der Waals surface area contributed by atoms with Gasteiger partial charge in [0.05, 0.1) is 10.6 Å². The van der Waals surface area contributed by atoms with Gasteiger partial charge in [0.1, 0.15) is 11.6 Å². The maximum Gasteiger partial charge on any atom is 0.417 e. The van der Waals surface area contributed by atoms with Gasteiger partial charge in [-0.1, -0.05) is 30.9 Å². The summed E-state index contributed by atoms with van der Waals surface area (Å²) in [7, 11) is 1.69. The third kappa shape index (κ3) is 6.37. The molecule has 198 valence electrons. The molecule has 0 spiro atoms. The predicted octanol–water partition coefficient (Wildman–Crippen LogP) is 6.40. The minimum absolute atomic E-state index is 0.101. The highest BCUT2D eigenvalue weighted by molar-refractivity contribution is 6.31. The number of likely N-dealkylation sites (N-methyl/N-ethyl adjacent to an activating group) is 1. The summed E-state index contributed by atoms with van der Waals surface area (Å²) in [6.07, 6.45) is 0.652. The van der Waals surface area contributed by atoms with Crippen LogP contribution in [0.15, 0.2) is 29.8 Å². The summed E-state index contributed by atoms with van der Waals surface area (Å²) in [4.78, 5) is 27.1. The van der Waals surface area contributed by atoms with Gasteiger partial charge >= 0.3 is 12.1 Å². The molecule has 0 saturated heterocycles. The topological polar surface area (TPSA) is 75.3 Å². The van der Waals surface area contributed by atoms with E-state index in [1.165, 1.54) is 25.1 Å². The zero-order chi connectivity index (χ0) is 27.5. The van der Waals surface area contributed by atoms with Gasteiger partial charge in [0.15, 0.2) is 6.10 Å². The molecule has 1 aliphatic carbocycles. The smallest absolute Gasteiger partial charge is 0.417 e. The number of esters is 1. The Balaban J connectivity index is 1.83. The number of nitrogens with zero attached hydrogens (tertiary/aromatic N) is 3. The molecule has 0 N–H and O–H groups in total. The Morgan fingerprint density at radius 2 is 1.86 bits per heavy atom. The molecule has 1 saturated carbocycles. The average Bonchev–Trinajstić information content (AvgIpc) is 3.14. The van der Waals surface area contributed by atoms with Crippen LogP contribution < -0.4 is 0 Å². The highest BCUT2D eigenvalue weighted by atomic mass is 35.5. The third-order valence-electron chi connectivity index (χ3n) is 6.73. The zero-order valence-corrected chi connectivity index (χ0v) is 21.9. The zero-order valence-electron chi connectivity index (χ0n) is 21.2. The van der Waals surface area contributed by atoms with Crippen molar-refractivity contribution in [3.05, 3.63) is 57.4 Å². The van der Waals surface area contributed by atoms with Gasteiger partial charge in [0.25, 0.3) is 5.91 Å².